The van der Waals surface area contributed by atoms with E-state index in [1.54, 1.807) is 33.5 Å². The Bertz CT molecular complexity index is 1280. The number of aromatic nitrogens is 1. The van der Waals surface area contributed by atoms with Crippen LogP contribution in [0.1, 0.15) is 54.9 Å². The van der Waals surface area contributed by atoms with Crippen LogP contribution in [0, 0.1) is 0 Å². The molecular formula is C27H36N4O3S2. The van der Waals surface area contributed by atoms with Gasteiger partial charge in [-0.25, -0.2) is 13.4 Å². The van der Waals surface area contributed by atoms with Gasteiger partial charge in [-0.05, 0) is 88.3 Å². The number of nitrogens with zero attached hydrogens (tertiary/aromatic N) is 4. The summed E-state index contributed by atoms with van der Waals surface area (Å²) in [6.45, 7) is 4.61. The number of carbonyl (C=O) groups is 1. The number of hydrogen-bond acceptors (Lipinski definition) is 6. The van der Waals surface area contributed by atoms with Gasteiger partial charge < -0.3 is 4.90 Å². The Morgan fingerprint density at radius 2 is 1.69 bits per heavy atom. The van der Waals surface area contributed by atoms with E-state index in [0.717, 1.165) is 55.3 Å². The maximum atomic E-state index is 13.6. The molecule has 2 aromatic carbocycles. The van der Waals surface area contributed by atoms with Gasteiger partial charge in [0.25, 0.3) is 5.91 Å². The number of amides is 1. The van der Waals surface area contributed by atoms with Crippen molar-refractivity contribution in [3.8, 4) is 0 Å². The molecule has 0 aliphatic carbocycles. The summed E-state index contributed by atoms with van der Waals surface area (Å²) >= 11 is 1.52. The van der Waals surface area contributed by atoms with Gasteiger partial charge in [0.15, 0.2) is 5.13 Å². The molecule has 0 bridgehead atoms. The van der Waals surface area contributed by atoms with Crippen molar-refractivity contribution >= 4 is 42.6 Å². The zero-order valence-electron chi connectivity index (χ0n) is 21.4. The Labute approximate surface area is 218 Å². The molecule has 0 N–H and O–H groups in total. The van der Waals surface area contributed by atoms with Crippen molar-refractivity contribution in [2.24, 2.45) is 0 Å². The molecule has 1 amide bonds. The fraction of sp³-hybridized carbons (Fsp3) is 0.481. The average molecular weight is 529 g/mol. The topological polar surface area (TPSA) is 73.8 Å². The summed E-state index contributed by atoms with van der Waals surface area (Å²) in [5.74, 6) is -0.165. The molecule has 1 fully saturated rings. The van der Waals surface area contributed by atoms with Gasteiger partial charge in [-0.2, -0.15) is 4.31 Å². The number of aryl methyl sites for hydroxylation is 1. The molecule has 0 saturated carbocycles. The summed E-state index contributed by atoms with van der Waals surface area (Å²) in [5.41, 5.74) is 2.59. The van der Waals surface area contributed by atoms with E-state index in [4.69, 9.17) is 4.98 Å². The summed E-state index contributed by atoms with van der Waals surface area (Å²) in [6.07, 6.45) is 5.65. The molecule has 36 heavy (non-hydrogen) atoms. The van der Waals surface area contributed by atoms with E-state index in [1.807, 2.05) is 20.2 Å². The number of carbonyl (C=O) groups excluding carboxylic acids is 1. The fourth-order valence-corrected chi connectivity index (χ4v) is 7.05. The van der Waals surface area contributed by atoms with Crippen molar-refractivity contribution in [1.29, 1.82) is 0 Å². The average Bonchev–Trinajstić information content (AvgIpc) is 3.08. The van der Waals surface area contributed by atoms with Gasteiger partial charge in [-0.15, -0.1) is 0 Å². The first kappa shape index (κ1) is 26.7. The molecule has 194 valence electrons. The third kappa shape index (κ3) is 6.14. The monoisotopic (exact) mass is 528 g/mol. The Morgan fingerprint density at radius 1 is 1.00 bits per heavy atom. The number of thiazole rings is 1. The molecular weight excluding hydrogens is 492 g/mol. The van der Waals surface area contributed by atoms with Crippen LogP contribution in [-0.4, -0.2) is 68.8 Å². The SMILES string of the molecule is CCc1ccc2nc(N(CCCN(C)C)C(=O)c3ccc(S(=O)(=O)N4CCCCCC4)cc3)sc2c1. The van der Waals surface area contributed by atoms with E-state index in [2.05, 4.69) is 24.0 Å². The summed E-state index contributed by atoms with van der Waals surface area (Å²) in [5, 5.41) is 0.670. The smallest absolute Gasteiger partial charge is 0.260 e. The molecule has 0 spiro atoms. The van der Waals surface area contributed by atoms with E-state index in [-0.39, 0.29) is 10.8 Å². The van der Waals surface area contributed by atoms with E-state index < -0.39 is 10.0 Å². The van der Waals surface area contributed by atoms with Gasteiger partial charge in [-0.1, -0.05) is 37.2 Å². The van der Waals surface area contributed by atoms with Crippen molar-refractivity contribution in [2.75, 3.05) is 45.2 Å². The van der Waals surface area contributed by atoms with Gasteiger partial charge in [-0.3, -0.25) is 9.69 Å². The van der Waals surface area contributed by atoms with Crippen molar-refractivity contribution in [3.05, 3.63) is 53.6 Å². The molecule has 2 heterocycles. The molecule has 4 rings (SSSR count). The standard InChI is InChI=1S/C27H36N4O3S2/c1-4-21-10-15-24-25(20-21)35-27(28-24)31(19-9-16-29(2)3)26(32)22-11-13-23(14-12-22)36(33,34)30-17-7-5-6-8-18-30/h10-15,20H,4-9,16-19H2,1-3H3. The quantitative estimate of drug-likeness (QED) is 0.390. The zero-order chi connectivity index (χ0) is 25.7. The molecule has 3 aromatic rings. The number of rotatable bonds is 9. The first-order valence-corrected chi connectivity index (χ1v) is 15.0. The Hall–Kier alpha value is -2.33. The maximum Gasteiger partial charge on any atom is 0.260 e. The van der Waals surface area contributed by atoms with Crippen LogP contribution >= 0.6 is 11.3 Å². The summed E-state index contributed by atoms with van der Waals surface area (Å²) < 4.78 is 28.9. The minimum atomic E-state index is -3.56. The van der Waals surface area contributed by atoms with Crippen molar-refractivity contribution < 1.29 is 13.2 Å². The molecule has 7 nitrogen and oxygen atoms in total. The molecule has 1 aliphatic rings. The van der Waals surface area contributed by atoms with Gasteiger partial charge in [0.1, 0.15) is 0 Å². The van der Waals surface area contributed by atoms with Crippen LogP contribution in [0.25, 0.3) is 10.2 Å². The molecule has 0 radical (unpaired) electrons. The lowest BCUT2D eigenvalue weighted by atomic mass is 10.2. The normalized spacial score (nSPS) is 15.3. The lowest BCUT2D eigenvalue weighted by Crippen LogP contribution is -2.34. The van der Waals surface area contributed by atoms with E-state index in [1.165, 1.54) is 16.9 Å². The molecule has 0 unspecified atom stereocenters. The highest BCUT2D eigenvalue weighted by Gasteiger charge is 2.26. The summed E-state index contributed by atoms with van der Waals surface area (Å²) in [7, 11) is 0.472. The second kappa shape index (κ2) is 11.8. The van der Waals surface area contributed by atoms with Crippen molar-refractivity contribution in [2.45, 2.75) is 50.3 Å². The van der Waals surface area contributed by atoms with Crippen LogP contribution in [0.15, 0.2) is 47.4 Å². The first-order valence-electron chi connectivity index (χ1n) is 12.8. The van der Waals surface area contributed by atoms with Crippen LogP contribution in [0.5, 0.6) is 0 Å². The Kier molecular flexibility index (Phi) is 8.77. The number of sulfonamides is 1. The minimum Gasteiger partial charge on any atom is -0.309 e. The third-order valence-electron chi connectivity index (χ3n) is 6.62. The van der Waals surface area contributed by atoms with E-state index in [0.29, 0.717) is 30.3 Å². The highest BCUT2D eigenvalue weighted by Crippen LogP contribution is 2.31. The molecule has 1 saturated heterocycles. The molecule has 0 atom stereocenters. The Balaban J connectivity index is 1.59. The second-order valence-corrected chi connectivity index (χ2v) is 12.6. The zero-order valence-corrected chi connectivity index (χ0v) is 23.1. The highest BCUT2D eigenvalue weighted by molar-refractivity contribution is 7.89. The lowest BCUT2D eigenvalue weighted by Gasteiger charge is -2.22. The Morgan fingerprint density at radius 3 is 2.33 bits per heavy atom. The summed E-state index contributed by atoms with van der Waals surface area (Å²) in [6, 6.07) is 12.6. The van der Waals surface area contributed by atoms with Crippen LogP contribution in [0.2, 0.25) is 0 Å². The maximum absolute atomic E-state index is 13.6. The predicted molar refractivity (Wildman–Crippen MR) is 148 cm³/mol. The van der Waals surface area contributed by atoms with Gasteiger partial charge in [0.2, 0.25) is 10.0 Å². The lowest BCUT2D eigenvalue weighted by molar-refractivity contribution is 0.0986. The van der Waals surface area contributed by atoms with E-state index >= 15 is 0 Å². The van der Waals surface area contributed by atoms with Crippen molar-refractivity contribution in [3.63, 3.8) is 0 Å². The summed E-state index contributed by atoms with van der Waals surface area (Å²) in [4.78, 5) is 22.5. The van der Waals surface area contributed by atoms with Crippen molar-refractivity contribution in [1.82, 2.24) is 14.2 Å². The van der Waals surface area contributed by atoms with Gasteiger partial charge >= 0.3 is 0 Å². The predicted octanol–water partition coefficient (Wildman–Crippen LogP) is 5.02. The largest absolute Gasteiger partial charge is 0.309 e. The van der Waals surface area contributed by atoms with E-state index in [9.17, 15) is 13.2 Å². The molecule has 1 aromatic heterocycles. The molecule has 1 aliphatic heterocycles. The van der Waals surface area contributed by atoms with Crippen LogP contribution in [0.4, 0.5) is 5.13 Å². The van der Waals surface area contributed by atoms with Crippen LogP contribution in [-0.2, 0) is 16.4 Å². The number of anilines is 1. The van der Waals surface area contributed by atoms with Crippen LogP contribution in [0.3, 0.4) is 0 Å². The van der Waals surface area contributed by atoms with Gasteiger partial charge in [0, 0.05) is 25.2 Å². The minimum absolute atomic E-state index is 0.165. The third-order valence-corrected chi connectivity index (χ3v) is 9.57. The second-order valence-electron chi connectivity index (χ2n) is 9.61. The highest BCUT2D eigenvalue weighted by atomic mass is 32.2. The number of benzene rings is 2. The fourth-order valence-electron chi connectivity index (χ4n) is 4.48. The van der Waals surface area contributed by atoms with Gasteiger partial charge in [0.05, 0.1) is 15.1 Å². The molecule has 9 heteroatoms. The number of fused-ring (bicyclic) bond motifs is 1. The first-order chi connectivity index (χ1) is 17.3. The number of hydrogen-bond donors (Lipinski definition) is 0. The van der Waals surface area contributed by atoms with Crippen LogP contribution < -0.4 is 4.90 Å².